The van der Waals surface area contributed by atoms with Crippen molar-refractivity contribution in [3.8, 4) is 22.6 Å². The lowest BCUT2D eigenvalue weighted by Crippen LogP contribution is -2.31. The molecule has 1 aliphatic carbocycles. The molecule has 1 saturated carbocycles. The molecule has 0 atom stereocenters. The van der Waals surface area contributed by atoms with Gasteiger partial charge in [0.1, 0.15) is 5.75 Å². The summed E-state index contributed by atoms with van der Waals surface area (Å²) >= 11 is 0. The Morgan fingerprint density at radius 3 is 2.56 bits per heavy atom. The molecule has 2 N–H and O–H groups in total. The Morgan fingerprint density at radius 1 is 1.08 bits per heavy atom. The van der Waals surface area contributed by atoms with Gasteiger partial charge in [0.15, 0.2) is 17.4 Å². The second kappa shape index (κ2) is 9.93. The molecule has 2 aromatic heterocycles. The number of aromatic hydroxyl groups is 1. The van der Waals surface area contributed by atoms with Crippen LogP contribution in [0, 0.1) is 17.6 Å². The zero-order valence-corrected chi connectivity index (χ0v) is 19.7. The van der Waals surface area contributed by atoms with Crippen LogP contribution in [-0.2, 0) is 0 Å². The number of amides is 1. The van der Waals surface area contributed by atoms with Crippen LogP contribution < -0.4 is 10.1 Å². The molecular formula is C27H26F2N4O3. The standard InChI is InChI=1S/C27H26F2N4O3/c1-36-22-8-20(13-30-14-22)17-4-5-18-15-33(32-25(18)11-17)21-6-2-16(3-7-21)12-31-27(35)19-9-23(28)26(34)24(29)10-19/h4-5,8-11,13-16,21,34H,2-3,6-7,12H2,1H3,(H,31,35)/t16-,21-. The molecule has 0 unspecified atom stereocenters. The van der Waals surface area contributed by atoms with E-state index in [1.165, 1.54) is 0 Å². The molecule has 9 heteroatoms. The van der Waals surface area contributed by atoms with E-state index >= 15 is 0 Å². The summed E-state index contributed by atoms with van der Waals surface area (Å²) in [5, 5.41) is 17.9. The van der Waals surface area contributed by atoms with Crippen LogP contribution in [0.25, 0.3) is 22.0 Å². The Balaban J connectivity index is 1.19. The minimum atomic E-state index is -1.15. The van der Waals surface area contributed by atoms with Crippen molar-refractivity contribution in [3.05, 3.63) is 72.2 Å². The molecule has 36 heavy (non-hydrogen) atoms. The van der Waals surface area contributed by atoms with E-state index in [-0.39, 0.29) is 17.5 Å². The Bertz CT molecular complexity index is 1390. The molecular weight excluding hydrogens is 466 g/mol. The van der Waals surface area contributed by atoms with Crippen LogP contribution in [0.1, 0.15) is 42.1 Å². The molecule has 1 fully saturated rings. The van der Waals surface area contributed by atoms with E-state index in [1.807, 2.05) is 10.7 Å². The number of phenolic OH excluding ortho intramolecular Hbond substituents is 1. The Kier molecular flexibility index (Phi) is 6.54. The first-order valence-corrected chi connectivity index (χ1v) is 11.9. The molecule has 1 amide bonds. The van der Waals surface area contributed by atoms with Gasteiger partial charge in [-0.2, -0.15) is 5.10 Å². The summed E-state index contributed by atoms with van der Waals surface area (Å²) in [5.41, 5.74) is 2.75. The predicted octanol–water partition coefficient (Wildman–Crippen LogP) is 5.25. The molecule has 2 aromatic carbocycles. The topological polar surface area (TPSA) is 89.3 Å². The van der Waals surface area contributed by atoms with Crippen LogP contribution >= 0.6 is 0 Å². The maximum atomic E-state index is 13.5. The summed E-state index contributed by atoms with van der Waals surface area (Å²) in [6.45, 7) is 0.425. The SMILES string of the molecule is COc1cncc(-c2ccc3cn([C@H]4CC[C@H](CNC(=O)c5cc(F)c(O)c(F)c5)CC4)nc3c2)c1. The van der Waals surface area contributed by atoms with E-state index < -0.39 is 23.3 Å². The van der Waals surface area contributed by atoms with Gasteiger partial charge in [-0.1, -0.05) is 12.1 Å². The first-order valence-electron chi connectivity index (χ1n) is 11.9. The van der Waals surface area contributed by atoms with Crippen LogP contribution in [0.2, 0.25) is 0 Å². The van der Waals surface area contributed by atoms with Crippen molar-refractivity contribution in [2.24, 2.45) is 5.92 Å². The van der Waals surface area contributed by atoms with Gasteiger partial charge >= 0.3 is 0 Å². The number of rotatable bonds is 6. The summed E-state index contributed by atoms with van der Waals surface area (Å²) in [6, 6.07) is 10.1. The number of ether oxygens (including phenoxy) is 1. The highest BCUT2D eigenvalue weighted by Gasteiger charge is 2.24. The van der Waals surface area contributed by atoms with Gasteiger partial charge in [0.2, 0.25) is 0 Å². The largest absolute Gasteiger partial charge is 0.503 e. The molecule has 5 rings (SSSR count). The van der Waals surface area contributed by atoms with E-state index in [2.05, 4.69) is 34.7 Å². The molecule has 0 aliphatic heterocycles. The highest BCUT2D eigenvalue weighted by Crippen LogP contribution is 2.33. The van der Waals surface area contributed by atoms with E-state index in [4.69, 9.17) is 9.84 Å². The maximum absolute atomic E-state index is 13.5. The number of methoxy groups -OCH3 is 1. The number of phenols is 1. The summed E-state index contributed by atoms with van der Waals surface area (Å²) in [4.78, 5) is 16.5. The monoisotopic (exact) mass is 492 g/mol. The molecule has 186 valence electrons. The molecule has 0 bridgehead atoms. The third kappa shape index (κ3) is 4.86. The highest BCUT2D eigenvalue weighted by atomic mass is 19.1. The fourth-order valence-electron chi connectivity index (χ4n) is 4.74. The van der Waals surface area contributed by atoms with Gasteiger partial charge < -0.3 is 15.2 Å². The van der Waals surface area contributed by atoms with Crippen molar-refractivity contribution in [1.82, 2.24) is 20.1 Å². The molecule has 4 aromatic rings. The number of fused-ring (bicyclic) bond motifs is 1. The lowest BCUT2D eigenvalue weighted by atomic mass is 9.86. The minimum Gasteiger partial charge on any atom is -0.503 e. The van der Waals surface area contributed by atoms with Crippen molar-refractivity contribution in [3.63, 3.8) is 0 Å². The van der Waals surface area contributed by atoms with Crippen molar-refractivity contribution in [2.45, 2.75) is 31.7 Å². The zero-order valence-electron chi connectivity index (χ0n) is 19.7. The number of benzene rings is 2. The molecule has 0 radical (unpaired) electrons. The van der Waals surface area contributed by atoms with Gasteiger partial charge in [-0.05, 0) is 61.4 Å². The third-order valence-electron chi connectivity index (χ3n) is 6.83. The number of halogens is 2. The molecule has 1 aliphatic rings. The number of carbonyl (C=O) groups excluding carboxylic acids is 1. The van der Waals surface area contributed by atoms with Crippen LogP contribution in [0.3, 0.4) is 0 Å². The van der Waals surface area contributed by atoms with E-state index in [0.29, 0.717) is 12.3 Å². The molecule has 0 saturated heterocycles. The van der Waals surface area contributed by atoms with Crippen molar-refractivity contribution >= 4 is 16.8 Å². The van der Waals surface area contributed by atoms with Gasteiger partial charge in [-0.15, -0.1) is 0 Å². The maximum Gasteiger partial charge on any atom is 0.251 e. The number of nitrogens with zero attached hydrogens (tertiary/aromatic N) is 3. The first kappa shape index (κ1) is 23.7. The summed E-state index contributed by atoms with van der Waals surface area (Å²) in [6.07, 6.45) is 9.19. The zero-order chi connectivity index (χ0) is 25.2. The fourth-order valence-corrected chi connectivity index (χ4v) is 4.74. The Hall–Kier alpha value is -4.01. The van der Waals surface area contributed by atoms with Crippen LogP contribution in [0.5, 0.6) is 11.5 Å². The average molecular weight is 493 g/mol. The number of carbonyl (C=O) groups is 1. The second-order valence-electron chi connectivity index (χ2n) is 9.17. The second-order valence-corrected chi connectivity index (χ2v) is 9.17. The van der Waals surface area contributed by atoms with Crippen LogP contribution in [0.4, 0.5) is 8.78 Å². The molecule has 0 spiro atoms. The van der Waals surface area contributed by atoms with E-state index in [1.54, 1.807) is 19.5 Å². The van der Waals surface area contributed by atoms with E-state index in [9.17, 15) is 18.7 Å². The highest BCUT2D eigenvalue weighted by molar-refractivity contribution is 5.94. The molecule has 7 nitrogen and oxygen atoms in total. The average Bonchev–Trinajstić information content (AvgIpc) is 3.34. The van der Waals surface area contributed by atoms with Gasteiger partial charge in [-0.3, -0.25) is 14.5 Å². The van der Waals surface area contributed by atoms with Crippen molar-refractivity contribution < 1.29 is 23.4 Å². The van der Waals surface area contributed by atoms with Gasteiger partial charge in [0, 0.05) is 35.5 Å². The molecule has 2 heterocycles. The number of nitrogens with one attached hydrogen (secondary N) is 1. The Labute approximate surface area is 206 Å². The summed E-state index contributed by atoms with van der Waals surface area (Å²) in [5.74, 6) is -2.97. The third-order valence-corrected chi connectivity index (χ3v) is 6.83. The van der Waals surface area contributed by atoms with Crippen LogP contribution in [-0.4, -0.2) is 39.4 Å². The number of pyridine rings is 1. The summed E-state index contributed by atoms with van der Waals surface area (Å²) in [7, 11) is 1.62. The van der Waals surface area contributed by atoms with Gasteiger partial charge in [0.05, 0.1) is 24.9 Å². The van der Waals surface area contributed by atoms with Crippen molar-refractivity contribution in [2.75, 3.05) is 13.7 Å². The predicted molar refractivity (Wildman–Crippen MR) is 131 cm³/mol. The van der Waals surface area contributed by atoms with E-state index in [0.717, 1.165) is 59.8 Å². The van der Waals surface area contributed by atoms with Gasteiger partial charge in [-0.25, -0.2) is 8.78 Å². The van der Waals surface area contributed by atoms with Gasteiger partial charge in [0.25, 0.3) is 5.91 Å². The lowest BCUT2D eigenvalue weighted by Gasteiger charge is -2.28. The first-order chi connectivity index (χ1) is 17.4. The van der Waals surface area contributed by atoms with Crippen LogP contribution in [0.15, 0.2) is 55.0 Å². The van der Waals surface area contributed by atoms with Crippen molar-refractivity contribution in [1.29, 1.82) is 0 Å². The minimum absolute atomic E-state index is 0.149. The lowest BCUT2D eigenvalue weighted by molar-refractivity contribution is 0.0940. The number of aromatic nitrogens is 3. The fraction of sp³-hybridized carbons (Fsp3) is 0.296. The number of hydrogen-bond donors (Lipinski definition) is 2. The smallest absolute Gasteiger partial charge is 0.251 e. The number of hydrogen-bond acceptors (Lipinski definition) is 5. The Morgan fingerprint density at radius 2 is 1.83 bits per heavy atom. The quantitative estimate of drug-likeness (QED) is 0.384. The summed E-state index contributed by atoms with van der Waals surface area (Å²) < 4.78 is 34.4. The normalized spacial score (nSPS) is 17.8.